The van der Waals surface area contributed by atoms with Crippen LogP contribution in [0, 0.1) is 5.92 Å². The van der Waals surface area contributed by atoms with Crippen molar-refractivity contribution < 1.29 is 43.1 Å². The molecule has 1 N–H and O–H groups in total. The summed E-state index contributed by atoms with van der Waals surface area (Å²) in [4.78, 5) is 13.0. The summed E-state index contributed by atoms with van der Waals surface area (Å²) in [5.41, 5.74) is 1.46. The quantitative estimate of drug-likeness (QED) is 0.437. The third kappa shape index (κ3) is 4.21. The van der Waals surface area contributed by atoms with Crippen LogP contribution in [-0.2, 0) is 16.0 Å². The highest BCUT2D eigenvalue weighted by Crippen LogP contribution is 2.59. The summed E-state index contributed by atoms with van der Waals surface area (Å²) in [5.74, 6) is 1.60. The third-order valence-corrected chi connectivity index (χ3v) is 7.33. The molecule has 4 rings (SSSR count). The van der Waals surface area contributed by atoms with Gasteiger partial charge in [-0.1, -0.05) is 13.0 Å². The maximum absolute atomic E-state index is 13.0. The van der Waals surface area contributed by atoms with Gasteiger partial charge in [0.2, 0.25) is 18.3 Å². The van der Waals surface area contributed by atoms with E-state index in [1.54, 1.807) is 40.0 Å². The second kappa shape index (κ2) is 10.0. The number of rotatable bonds is 6. The van der Waals surface area contributed by atoms with Crippen molar-refractivity contribution in [3.05, 3.63) is 34.9 Å². The van der Waals surface area contributed by atoms with E-state index >= 15 is 0 Å². The third-order valence-electron chi connectivity index (χ3n) is 7.33. The van der Waals surface area contributed by atoms with E-state index in [2.05, 4.69) is 0 Å². The van der Waals surface area contributed by atoms with Gasteiger partial charge in [-0.05, 0) is 50.8 Å². The zero-order valence-corrected chi connectivity index (χ0v) is 22.5. The van der Waals surface area contributed by atoms with E-state index in [0.717, 1.165) is 5.56 Å². The van der Waals surface area contributed by atoms with Crippen LogP contribution in [0.2, 0.25) is 0 Å². The second-order valence-corrected chi connectivity index (χ2v) is 9.38. The highest BCUT2D eigenvalue weighted by Gasteiger charge is 2.47. The fraction of sp³-hybridized carbons (Fsp3) is 0.464. The standard InChI is InChI=1S/C28H34O9/c1-9-14(2)27(29)37-26-17-12-18(31-5)22(32-6)25(34-8)21(17)20-16(10-15(3)28(26,4)30)11-19-23(24(20)33-7)36-13-35-19/h9,11-12,15,26,30H,10,13H2,1-8H3/b14-9-/t15-,26-,28+/m0/s1. The molecule has 9 heteroatoms. The highest BCUT2D eigenvalue weighted by molar-refractivity contribution is 5.90. The van der Waals surface area contributed by atoms with E-state index < -0.39 is 17.7 Å². The molecule has 37 heavy (non-hydrogen) atoms. The Morgan fingerprint density at radius 2 is 1.70 bits per heavy atom. The summed E-state index contributed by atoms with van der Waals surface area (Å²) >= 11 is 0. The van der Waals surface area contributed by atoms with E-state index in [4.69, 9.17) is 33.2 Å². The molecule has 0 saturated carbocycles. The highest BCUT2D eigenvalue weighted by atomic mass is 16.7. The zero-order chi connectivity index (χ0) is 27.1. The van der Waals surface area contributed by atoms with Crippen LogP contribution in [0.1, 0.15) is 44.9 Å². The molecular formula is C28H34O9. The van der Waals surface area contributed by atoms with Gasteiger partial charge in [0.25, 0.3) is 0 Å². The Morgan fingerprint density at radius 1 is 1.03 bits per heavy atom. The summed E-state index contributed by atoms with van der Waals surface area (Å²) in [6, 6.07) is 3.60. The molecular weight excluding hydrogens is 480 g/mol. The molecule has 2 aliphatic rings. The Balaban J connectivity index is 2.17. The molecule has 0 radical (unpaired) electrons. The smallest absolute Gasteiger partial charge is 0.334 e. The number of hydrogen-bond acceptors (Lipinski definition) is 9. The summed E-state index contributed by atoms with van der Waals surface area (Å²) in [7, 11) is 6.08. The van der Waals surface area contributed by atoms with Crippen LogP contribution < -0.4 is 28.4 Å². The first-order chi connectivity index (χ1) is 17.6. The number of benzene rings is 2. The molecule has 9 nitrogen and oxygen atoms in total. The number of ether oxygens (including phenoxy) is 7. The molecule has 0 spiro atoms. The molecule has 1 aliphatic heterocycles. The first-order valence-corrected chi connectivity index (χ1v) is 12.0. The minimum atomic E-state index is -1.48. The van der Waals surface area contributed by atoms with E-state index in [0.29, 0.717) is 63.2 Å². The molecule has 0 amide bonds. The molecule has 1 aliphatic carbocycles. The number of methoxy groups -OCH3 is 4. The van der Waals surface area contributed by atoms with Gasteiger partial charge in [-0.3, -0.25) is 0 Å². The fourth-order valence-corrected chi connectivity index (χ4v) is 4.94. The van der Waals surface area contributed by atoms with Crippen molar-refractivity contribution in [3.8, 4) is 45.6 Å². The first kappa shape index (κ1) is 26.5. The van der Waals surface area contributed by atoms with Crippen LogP contribution in [-0.4, -0.2) is 51.9 Å². The van der Waals surface area contributed by atoms with Crippen molar-refractivity contribution >= 4 is 5.97 Å². The Morgan fingerprint density at radius 3 is 2.30 bits per heavy atom. The van der Waals surface area contributed by atoms with E-state index in [1.807, 2.05) is 13.0 Å². The average Bonchev–Trinajstić information content (AvgIpc) is 3.36. The Hall–Kier alpha value is -3.59. The van der Waals surface area contributed by atoms with Gasteiger partial charge in [-0.25, -0.2) is 4.79 Å². The van der Waals surface area contributed by atoms with Gasteiger partial charge < -0.3 is 38.3 Å². The maximum atomic E-state index is 13.0. The first-order valence-electron chi connectivity index (χ1n) is 12.0. The Labute approximate surface area is 216 Å². The lowest BCUT2D eigenvalue weighted by Crippen LogP contribution is -2.44. The lowest BCUT2D eigenvalue weighted by atomic mass is 9.73. The number of allylic oxidation sites excluding steroid dienone is 1. The van der Waals surface area contributed by atoms with Crippen LogP contribution in [0.3, 0.4) is 0 Å². The molecule has 2 aromatic rings. The fourth-order valence-electron chi connectivity index (χ4n) is 4.94. The molecule has 3 atom stereocenters. The Bertz CT molecular complexity index is 1250. The van der Waals surface area contributed by atoms with E-state index in [-0.39, 0.29) is 12.7 Å². The monoisotopic (exact) mass is 514 g/mol. The van der Waals surface area contributed by atoms with Gasteiger partial charge in [0.05, 0.1) is 28.4 Å². The van der Waals surface area contributed by atoms with Gasteiger partial charge in [0.1, 0.15) is 5.60 Å². The second-order valence-electron chi connectivity index (χ2n) is 9.38. The number of hydrogen-bond donors (Lipinski definition) is 1. The molecule has 0 fully saturated rings. The number of carbonyl (C=O) groups is 1. The Kier molecular flexibility index (Phi) is 7.19. The van der Waals surface area contributed by atoms with Crippen LogP contribution >= 0.6 is 0 Å². The number of carbonyl (C=O) groups excluding carboxylic acids is 1. The lowest BCUT2D eigenvalue weighted by molar-refractivity contribution is -0.166. The van der Waals surface area contributed by atoms with Gasteiger partial charge in [-0.15, -0.1) is 0 Å². The van der Waals surface area contributed by atoms with Gasteiger partial charge in [-0.2, -0.15) is 0 Å². The van der Waals surface area contributed by atoms with Crippen LogP contribution in [0.25, 0.3) is 11.1 Å². The van der Waals surface area contributed by atoms with Gasteiger partial charge in [0.15, 0.2) is 29.1 Å². The molecule has 1 heterocycles. The number of aliphatic hydroxyl groups is 1. The normalized spacial score (nSPS) is 22.2. The van der Waals surface area contributed by atoms with Crippen molar-refractivity contribution in [1.82, 2.24) is 0 Å². The summed E-state index contributed by atoms with van der Waals surface area (Å²) in [5, 5.41) is 12.0. The van der Waals surface area contributed by atoms with Gasteiger partial charge in [0, 0.05) is 22.3 Å². The van der Waals surface area contributed by atoms with Crippen molar-refractivity contribution in [2.24, 2.45) is 5.92 Å². The van der Waals surface area contributed by atoms with Crippen LogP contribution in [0.15, 0.2) is 23.8 Å². The van der Waals surface area contributed by atoms with E-state index in [1.165, 1.54) is 21.3 Å². The molecule has 200 valence electrons. The van der Waals surface area contributed by atoms with Gasteiger partial charge >= 0.3 is 5.97 Å². The zero-order valence-electron chi connectivity index (χ0n) is 22.5. The summed E-state index contributed by atoms with van der Waals surface area (Å²) < 4.78 is 40.6. The largest absolute Gasteiger partial charge is 0.493 e. The lowest BCUT2D eigenvalue weighted by Gasteiger charge is -2.41. The predicted octanol–water partition coefficient (Wildman–Crippen LogP) is 4.61. The topological polar surface area (TPSA) is 102 Å². The molecule has 2 aromatic carbocycles. The van der Waals surface area contributed by atoms with Crippen molar-refractivity contribution in [2.75, 3.05) is 35.2 Å². The van der Waals surface area contributed by atoms with Crippen molar-refractivity contribution in [3.63, 3.8) is 0 Å². The number of fused-ring (bicyclic) bond motifs is 4. The maximum Gasteiger partial charge on any atom is 0.334 e. The predicted molar refractivity (Wildman–Crippen MR) is 136 cm³/mol. The van der Waals surface area contributed by atoms with Crippen LogP contribution in [0.5, 0.6) is 34.5 Å². The SMILES string of the molecule is C/C=C(/C)C(=O)O[C@H]1c2cc(OC)c(OC)c(OC)c2-c2c(cc3c(c2OC)OCO3)C[C@H](C)[C@@]1(C)O. The molecule has 0 unspecified atom stereocenters. The molecule has 0 aromatic heterocycles. The van der Waals surface area contributed by atoms with Crippen molar-refractivity contribution in [1.29, 1.82) is 0 Å². The van der Waals surface area contributed by atoms with Crippen molar-refractivity contribution in [2.45, 2.75) is 45.8 Å². The minimum Gasteiger partial charge on any atom is -0.493 e. The number of esters is 1. The van der Waals surface area contributed by atoms with E-state index in [9.17, 15) is 9.90 Å². The summed E-state index contributed by atoms with van der Waals surface area (Å²) in [6.07, 6.45) is 0.998. The average molecular weight is 515 g/mol. The molecule has 0 bridgehead atoms. The summed E-state index contributed by atoms with van der Waals surface area (Å²) in [6.45, 7) is 7.05. The minimum absolute atomic E-state index is 0.0562. The molecule has 0 saturated heterocycles. The van der Waals surface area contributed by atoms with Crippen LogP contribution in [0.4, 0.5) is 0 Å².